The van der Waals surface area contributed by atoms with Gasteiger partial charge in [-0.2, -0.15) is 0 Å². The number of imide groups is 1. The van der Waals surface area contributed by atoms with Crippen molar-refractivity contribution in [2.24, 2.45) is 11.7 Å². The van der Waals surface area contributed by atoms with E-state index in [4.69, 9.17) is 5.73 Å². The summed E-state index contributed by atoms with van der Waals surface area (Å²) in [5.74, 6) is -0.350. The fourth-order valence-corrected chi connectivity index (χ4v) is 2.21. The Balaban J connectivity index is 2.14. The highest BCUT2D eigenvalue weighted by atomic mass is 16.2. The first kappa shape index (κ1) is 12.8. The van der Waals surface area contributed by atoms with Gasteiger partial charge in [0.1, 0.15) is 0 Å². The van der Waals surface area contributed by atoms with E-state index in [-0.39, 0.29) is 30.1 Å². The lowest BCUT2D eigenvalue weighted by molar-refractivity contribution is -0.139. The Morgan fingerprint density at radius 3 is 2.61 bits per heavy atom. The van der Waals surface area contributed by atoms with E-state index in [9.17, 15) is 9.59 Å². The maximum Gasteiger partial charge on any atom is 0.237 e. The Bertz CT molecular complexity index is 444. The second-order valence-electron chi connectivity index (χ2n) is 4.85. The van der Waals surface area contributed by atoms with E-state index < -0.39 is 0 Å². The quantitative estimate of drug-likeness (QED) is 0.810. The Morgan fingerprint density at radius 1 is 1.33 bits per heavy atom. The molecule has 0 aliphatic carbocycles. The van der Waals surface area contributed by atoms with Crippen LogP contribution in [0.1, 0.15) is 24.8 Å². The van der Waals surface area contributed by atoms with Crippen molar-refractivity contribution in [2.75, 3.05) is 13.1 Å². The molecule has 2 atom stereocenters. The zero-order chi connectivity index (χ0) is 13.1. The van der Waals surface area contributed by atoms with E-state index in [0.717, 1.165) is 5.56 Å². The van der Waals surface area contributed by atoms with E-state index in [0.29, 0.717) is 13.1 Å². The molecule has 0 aromatic heterocycles. The number of rotatable bonds is 4. The third-order valence-corrected chi connectivity index (χ3v) is 3.34. The van der Waals surface area contributed by atoms with Crippen LogP contribution in [0.15, 0.2) is 30.3 Å². The number of carbonyl (C=O) groups is 2. The molecule has 0 radical (unpaired) electrons. The summed E-state index contributed by atoms with van der Waals surface area (Å²) in [6.45, 7) is 2.85. The molecule has 2 N–H and O–H groups in total. The van der Waals surface area contributed by atoms with E-state index >= 15 is 0 Å². The highest BCUT2D eigenvalue weighted by molar-refractivity contribution is 6.06. The molecule has 18 heavy (non-hydrogen) atoms. The second-order valence-corrected chi connectivity index (χ2v) is 4.85. The maximum absolute atomic E-state index is 12.2. The minimum atomic E-state index is -0.316. The summed E-state index contributed by atoms with van der Waals surface area (Å²) in [5.41, 5.74) is 6.45. The summed E-state index contributed by atoms with van der Waals surface area (Å²) < 4.78 is 0. The highest BCUT2D eigenvalue weighted by Gasteiger charge is 2.39. The minimum Gasteiger partial charge on any atom is -0.330 e. The van der Waals surface area contributed by atoms with Crippen LogP contribution in [0.2, 0.25) is 0 Å². The normalized spacial score (nSPS) is 21.4. The molecular formula is C14H18N2O2. The first-order valence-electron chi connectivity index (χ1n) is 6.22. The van der Waals surface area contributed by atoms with Crippen LogP contribution in [0.3, 0.4) is 0 Å². The van der Waals surface area contributed by atoms with Gasteiger partial charge in [0, 0.05) is 13.0 Å². The van der Waals surface area contributed by atoms with Gasteiger partial charge < -0.3 is 5.73 Å². The molecule has 1 aromatic carbocycles. The standard InChI is InChI=1S/C14H18N2O2/c1-10(8-15)9-16-13(17)7-12(14(16)18)11-5-3-2-4-6-11/h2-6,10,12H,7-9,15H2,1H3. The lowest BCUT2D eigenvalue weighted by Crippen LogP contribution is -2.36. The number of nitrogens with zero attached hydrogens (tertiary/aromatic N) is 1. The Kier molecular flexibility index (Phi) is 3.77. The van der Waals surface area contributed by atoms with Crippen LogP contribution in [0.25, 0.3) is 0 Å². The molecule has 1 heterocycles. The van der Waals surface area contributed by atoms with Crippen molar-refractivity contribution in [3.63, 3.8) is 0 Å². The predicted octanol–water partition coefficient (Wildman–Crippen LogP) is 1.12. The lowest BCUT2D eigenvalue weighted by atomic mass is 9.98. The summed E-state index contributed by atoms with van der Waals surface area (Å²) in [7, 11) is 0. The van der Waals surface area contributed by atoms with E-state index in [2.05, 4.69) is 0 Å². The topological polar surface area (TPSA) is 63.4 Å². The summed E-state index contributed by atoms with van der Waals surface area (Å²) in [5, 5.41) is 0. The van der Waals surface area contributed by atoms with Gasteiger partial charge in [-0.05, 0) is 18.0 Å². The van der Waals surface area contributed by atoms with Gasteiger partial charge in [0.15, 0.2) is 0 Å². The maximum atomic E-state index is 12.2. The number of carbonyl (C=O) groups excluding carboxylic acids is 2. The molecular weight excluding hydrogens is 228 g/mol. The SMILES string of the molecule is CC(CN)CN1C(=O)CC(c2ccccc2)C1=O. The number of benzene rings is 1. The first-order valence-corrected chi connectivity index (χ1v) is 6.22. The molecule has 1 aliphatic heterocycles. The Morgan fingerprint density at radius 2 is 2.00 bits per heavy atom. The second kappa shape index (κ2) is 5.31. The number of likely N-dealkylation sites (tertiary alicyclic amines) is 1. The van der Waals surface area contributed by atoms with E-state index in [1.54, 1.807) is 0 Å². The monoisotopic (exact) mass is 246 g/mol. The predicted molar refractivity (Wildman–Crippen MR) is 68.7 cm³/mol. The highest BCUT2D eigenvalue weighted by Crippen LogP contribution is 2.29. The van der Waals surface area contributed by atoms with Gasteiger partial charge in [0.05, 0.1) is 5.92 Å². The van der Waals surface area contributed by atoms with Crippen molar-refractivity contribution in [3.05, 3.63) is 35.9 Å². The number of amides is 2. The summed E-state index contributed by atoms with van der Waals surface area (Å²) in [4.78, 5) is 25.5. The minimum absolute atomic E-state index is 0.0887. The van der Waals surface area contributed by atoms with Crippen LogP contribution in [-0.2, 0) is 9.59 Å². The lowest BCUT2D eigenvalue weighted by Gasteiger charge is -2.18. The van der Waals surface area contributed by atoms with Gasteiger partial charge in [-0.25, -0.2) is 0 Å². The average Bonchev–Trinajstić information content (AvgIpc) is 2.67. The number of nitrogens with two attached hydrogens (primary N) is 1. The molecule has 0 spiro atoms. The molecule has 1 aliphatic rings. The summed E-state index contributed by atoms with van der Waals surface area (Å²) >= 11 is 0. The smallest absolute Gasteiger partial charge is 0.237 e. The van der Waals surface area contributed by atoms with Crippen LogP contribution < -0.4 is 5.73 Å². The molecule has 1 aromatic rings. The molecule has 2 rings (SSSR count). The molecule has 1 fully saturated rings. The molecule has 2 amide bonds. The van der Waals surface area contributed by atoms with Crippen molar-refractivity contribution >= 4 is 11.8 Å². The van der Waals surface area contributed by atoms with E-state index in [1.807, 2.05) is 37.3 Å². The van der Waals surface area contributed by atoms with Crippen molar-refractivity contribution in [2.45, 2.75) is 19.3 Å². The van der Waals surface area contributed by atoms with Crippen LogP contribution in [0.4, 0.5) is 0 Å². The molecule has 96 valence electrons. The summed E-state index contributed by atoms with van der Waals surface area (Å²) in [6.07, 6.45) is 0.278. The van der Waals surface area contributed by atoms with Gasteiger partial charge >= 0.3 is 0 Å². The van der Waals surface area contributed by atoms with Crippen LogP contribution >= 0.6 is 0 Å². The van der Waals surface area contributed by atoms with Crippen molar-refractivity contribution in [1.82, 2.24) is 4.90 Å². The van der Waals surface area contributed by atoms with Crippen molar-refractivity contribution < 1.29 is 9.59 Å². The average molecular weight is 246 g/mol. The fraction of sp³-hybridized carbons (Fsp3) is 0.429. The molecule has 1 saturated heterocycles. The number of hydrogen-bond donors (Lipinski definition) is 1. The van der Waals surface area contributed by atoms with Gasteiger partial charge in [-0.1, -0.05) is 37.3 Å². The van der Waals surface area contributed by atoms with Gasteiger partial charge in [-0.3, -0.25) is 14.5 Å². The molecule has 2 unspecified atom stereocenters. The zero-order valence-electron chi connectivity index (χ0n) is 10.5. The third kappa shape index (κ3) is 2.43. The molecule has 4 heteroatoms. The number of hydrogen-bond acceptors (Lipinski definition) is 3. The zero-order valence-corrected chi connectivity index (χ0v) is 10.5. The largest absolute Gasteiger partial charge is 0.330 e. The molecule has 4 nitrogen and oxygen atoms in total. The van der Waals surface area contributed by atoms with Crippen molar-refractivity contribution in [3.8, 4) is 0 Å². The molecule has 0 saturated carbocycles. The van der Waals surface area contributed by atoms with Crippen LogP contribution in [-0.4, -0.2) is 29.8 Å². The van der Waals surface area contributed by atoms with Crippen LogP contribution in [0.5, 0.6) is 0 Å². The van der Waals surface area contributed by atoms with Crippen LogP contribution in [0, 0.1) is 5.92 Å². The summed E-state index contributed by atoms with van der Waals surface area (Å²) in [6, 6.07) is 9.47. The van der Waals surface area contributed by atoms with Crippen molar-refractivity contribution in [1.29, 1.82) is 0 Å². The van der Waals surface area contributed by atoms with E-state index in [1.165, 1.54) is 4.90 Å². The van der Waals surface area contributed by atoms with Gasteiger partial charge in [-0.15, -0.1) is 0 Å². The molecule has 0 bridgehead atoms. The van der Waals surface area contributed by atoms with Gasteiger partial charge in [0.2, 0.25) is 11.8 Å². The fourth-order valence-electron chi connectivity index (χ4n) is 2.21. The Labute approximate surface area is 107 Å². The Hall–Kier alpha value is -1.68. The third-order valence-electron chi connectivity index (χ3n) is 3.34. The van der Waals surface area contributed by atoms with Gasteiger partial charge in [0.25, 0.3) is 0 Å². The first-order chi connectivity index (χ1) is 8.63.